The van der Waals surface area contributed by atoms with Crippen LogP contribution in [0, 0.1) is 0 Å². The van der Waals surface area contributed by atoms with Gasteiger partial charge in [0.1, 0.15) is 6.29 Å². The summed E-state index contributed by atoms with van der Waals surface area (Å²) in [6.45, 7) is 0. The van der Waals surface area contributed by atoms with E-state index in [0.717, 1.165) is 17.4 Å². The van der Waals surface area contributed by atoms with Crippen molar-refractivity contribution in [3.05, 3.63) is 56.0 Å². The Morgan fingerprint density at radius 2 is 1.63 bits per heavy atom. The van der Waals surface area contributed by atoms with E-state index >= 15 is 0 Å². The third-order valence-electron chi connectivity index (χ3n) is 2.70. The summed E-state index contributed by atoms with van der Waals surface area (Å²) < 4.78 is 0. The summed E-state index contributed by atoms with van der Waals surface area (Å²) in [5.74, 6) is 0. The van der Waals surface area contributed by atoms with Crippen molar-refractivity contribution in [1.82, 2.24) is 0 Å². The highest BCUT2D eigenvalue weighted by Gasteiger charge is 2.13. The first kappa shape index (κ1) is 14.7. The molecule has 0 N–H and O–H groups in total. The second-order valence-electron chi connectivity index (χ2n) is 3.90. The highest BCUT2D eigenvalue weighted by molar-refractivity contribution is 6.49. The van der Waals surface area contributed by atoms with Crippen molar-refractivity contribution in [2.75, 3.05) is 0 Å². The molecule has 0 aliphatic carbocycles. The second kappa shape index (κ2) is 6.15. The number of carbonyl (C=O) groups excluding carboxylic acids is 1. The number of rotatable bonds is 3. The van der Waals surface area contributed by atoms with Crippen molar-refractivity contribution in [3.63, 3.8) is 0 Å². The fraction of sp³-hybridized carbons (Fsp3) is 0.0714. The summed E-state index contributed by atoms with van der Waals surface area (Å²) in [7, 11) is 0. The molecule has 0 radical (unpaired) electrons. The van der Waals surface area contributed by atoms with Gasteiger partial charge >= 0.3 is 0 Å². The lowest BCUT2D eigenvalue weighted by molar-refractivity contribution is -0.107. The van der Waals surface area contributed by atoms with E-state index in [1.165, 1.54) is 0 Å². The van der Waals surface area contributed by atoms with Crippen molar-refractivity contribution in [1.29, 1.82) is 0 Å². The molecule has 0 fully saturated rings. The molecule has 0 bridgehead atoms. The smallest absolute Gasteiger partial charge is 0.124 e. The molecular weight excluding hydrogens is 326 g/mol. The minimum Gasteiger partial charge on any atom is -0.303 e. The molecule has 2 aromatic carbocycles. The van der Waals surface area contributed by atoms with E-state index in [9.17, 15) is 4.79 Å². The van der Waals surface area contributed by atoms with Crippen LogP contribution in [-0.4, -0.2) is 6.29 Å². The molecule has 0 saturated carbocycles. The number of aldehydes is 1. The number of carbonyl (C=O) groups is 1. The van der Waals surface area contributed by atoms with Crippen LogP contribution in [0.3, 0.4) is 0 Å². The summed E-state index contributed by atoms with van der Waals surface area (Å²) in [4.78, 5) is 10.7. The lowest BCUT2D eigenvalue weighted by atomic mass is 9.98. The summed E-state index contributed by atoms with van der Waals surface area (Å²) in [5.41, 5.74) is 2.32. The minimum atomic E-state index is 0.281. The van der Waals surface area contributed by atoms with Crippen LogP contribution in [0.25, 0.3) is 11.1 Å². The van der Waals surface area contributed by atoms with E-state index in [-0.39, 0.29) is 11.4 Å². The van der Waals surface area contributed by atoms with Gasteiger partial charge in [0.15, 0.2) is 0 Å². The Labute approximate surface area is 131 Å². The van der Waals surface area contributed by atoms with Crippen molar-refractivity contribution in [3.8, 4) is 11.1 Å². The van der Waals surface area contributed by atoms with Gasteiger partial charge in [-0.2, -0.15) is 0 Å². The van der Waals surface area contributed by atoms with Crippen LogP contribution in [0.4, 0.5) is 0 Å². The Morgan fingerprint density at radius 1 is 0.895 bits per heavy atom. The van der Waals surface area contributed by atoms with E-state index in [2.05, 4.69) is 0 Å². The summed E-state index contributed by atoms with van der Waals surface area (Å²) in [6.07, 6.45) is 1.11. The molecule has 2 aromatic rings. The van der Waals surface area contributed by atoms with Crippen LogP contribution in [0.1, 0.15) is 5.56 Å². The average molecular weight is 334 g/mol. The van der Waals surface area contributed by atoms with Crippen molar-refractivity contribution >= 4 is 52.7 Å². The molecule has 0 aliphatic heterocycles. The molecule has 0 atom stereocenters. The lowest BCUT2D eigenvalue weighted by Gasteiger charge is -2.12. The first-order valence-corrected chi connectivity index (χ1v) is 6.91. The Hall–Kier alpha value is -0.730. The molecule has 0 unspecified atom stereocenters. The molecule has 2 rings (SSSR count). The van der Waals surface area contributed by atoms with Gasteiger partial charge in [-0.15, -0.1) is 0 Å². The normalized spacial score (nSPS) is 10.5. The largest absolute Gasteiger partial charge is 0.303 e. The molecule has 0 aliphatic rings. The van der Waals surface area contributed by atoms with E-state index in [1.54, 1.807) is 30.3 Å². The van der Waals surface area contributed by atoms with Crippen LogP contribution in [0.5, 0.6) is 0 Å². The highest BCUT2D eigenvalue weighted by atomic mass is 35.5. The van der Waals surface area contributed by atoms with Gasteiger partial charge in [0.2, 0.25) is 0 Å². The molecule has 5 heteroatoms. The molecule has 0 spiro atoms. The molecule has 98 valence electrons. The Bertz CT molecular complexity index is 638. The molecule has 0 heterocycles. The van der Waals surface area contributed by atoms with Gasteiger partial charge < -0.3 is 4.79 Å². The standard InChI is InChI=1S/C14H8Cl4O/c15-9-2-1-8(5-6-19)11(7-9)10-3-4-12(16)14(18)13(10)17/h1-4,6-7H,5H2. The zero-order valence-corrected chi connectivity index (χ0v) is 12.6. The maximum atomic E-state index is 10.7. The number of halogens is 4. The maximum Gasteiger partial charge on any atom is 0.124 e. The molecule has 1 nitrogen and oxygen atoms in total. The van der Waals surface area contributed by atoms with Crippen molar-refractivity contribution < 1.29 is 4.79 Å². The number of hydrogen-bond donors (Lipinski definition) is 0. The zero-order valence-electron chi connectivity index (χ0n) is 9.59. The predicted octanol–water partition coefficient (Wildman–Crippen LogP) is 5.71. The first-order chi connectivity index (χ1) is 9.04. The van der Waals surface area contributed by atoms with Crippen LogP contribution >= 0.6 is 46.4 Å². The van der Waals surface area contributed by atoms with Crippen LogP contribution in [0.15, 0.2) is 30.3 Å². The average Bonchev–Trinajstić information content (AvgIpc) is 2.39. The van der Waals surface area contributed by atoms with E-state index < -0.39 is 0 Å². The Balaban J connectivity index is 2.67. The molecule has 0 saturated heterocycles. The monoisotopic (exact) mass is 332 g/mol. The summed E-state index contributed by atoms with van der Waals surface area (Å²) in [6, 6.07) is 8.71. The Morgan fingerprint density at radius 3 is 2.32 bits per heavy atom. The first-order valence-electron chi connectivity index (χ1n) is 5.40. The van der Waals surface area contributed by atoms with Gasteiger partial charge in [-0.25, -0.2) is 0 Å². The number of benzene rings is 2. The van der Waals surface area contributed by atoms with Crippen LogP contribution < -0.4 is 0 Å². The quantitative estimate of drug-likeness (QED) is 0.519. The molecule has 0 aromatic heterocycles. The summed E-state index contributed by atoms with van der Waals surface area (Å²) >= 11 is 24.2. The molecule has 0 amide bonds. The topological polar surface area (TPSA) is 17.1 Å². The van der Waals surface area contributed by atoms with Crippen molar-refractivity contribution in [2.45, 2.75) is 6.42 Å². The van der Waals surface area contributed by atoms with Crippen molar-refractivity contribution in [2.24, 2.45) is 0 Å². The number of hydrogen-bond acceptors (Lipinski definition) is 1. The van der Waals surface area contributed by atoms with Gasteiger partial charge in [0.25, 0.3) is 0 Å². The maximum absolute atomic E-state index is 10.7. The van der Waals surface area contributed by atoms with Gasteiger partial charge in [-0.05, 0) is 29.3 Å². The van der Waals surface area contributed by atoms with Gasteiger partial charge in [-0.1, -0.05) is 58.5 Å². The second-order valence-corrected chi connectivity index (χ2v) is 5.49. The van der Waals surface area contributed by atoms with E-state index in [1.807, 2.05) is 0 Å². The third kappa shape index (κ3) is 3.06. The fourth-order valence-corrected chi connectivity index (χ4v) is 2.61. The lowest BCUT2D eigenvalue weighted by Crippen LogP contribution is -1.92. The zero-order chi connectivity index (χ0) is 14.0. The summed E-state index contributed by atoms with van der Waals surface area (Å²) in [5, 5.41) is 1.59. The fourth-order valence-electron chi connectivity index (χ4n) is 1.80. The van der Waals surface area contributed by atoms with Crippen LogP contribution in [0.2, 0.25) is 20.1 Å². The third-order valence-corrected chi connectivity index (χ3v) is 4.23. The Kier molecular flexibility index (Phi) is 4.75. The SMILES string of the molecule is O=CCc1ccc(Cl)cc1-c1ccc(Cl)c(Cl)c1Cl. The highest BCUT2D eigenvalue weighted by Crippen LogP contribution is 2.39. The van der Waals surface area contributed by atoms with Crippen LogP contribution in [-0.2, 0) is 11.2 Å². The predicted molar refractivity (Wildman–Crippen MR) is 81.7 cm³/mol. The molecule has 19 heavy (non-hydrogen) atoms. The van der Waals surface area contributed by atoms with E-state index in [4.69, 9.17) is 46.4 Å². The molecular formula is C14H8Cl4O. The van der Waals surface area contributed by atoms with Gasteiger partial charge in [0, 0.05) is 17.0 Å². The van der Waals surface area contributed by atoms with Gasteiger partial charge in [-0.3, -0.25) is 0 Å². The van der Waals surface area contributed by atoms with Gasteiger partial charge in [0.05, 0.1) is 15.1 Å². The minimum absolute atomic E-state index is 0.281. The van der Waals surface area contributed by atoms with E-state index in [0.29, 0.717) is 20.6 Å².